The van der Waals surface area contributed by atoms with Crippen molar-refractivity contribution in [3.05, 3.63) is 83.6 Å². The first-order chi connectivity index (χ1) is 11.6. The first-order valence-corrected chi connectivity index (χ1v) is 8.24. The summed E-state index contributed by atoms with van der Waals surface area (Å²) in [5, 5.41) is 12.4. The van der Waals surface area contributed by atoms with Crippen LogP contribution in [0.4, 0.5) is 0 Å². The lowest BCUT2D eigenvalue weighted by Gasteiger charge is -2.08. The van der Waals surface area contributed by atoms with Crippen LogP contribution >= 0.6 is 0 Å². The second-order valence-corrected chi connectivity index (χ2v) is 6.42. The van der Waals surface area contributed by atoms with Crippen molar-refractivity contribution in [3.8, 4) is 0 Å². The number of hydrogen-bond acceptors (Lipinski definition) is 1. The van der Waals surface area contributed by atoms with Gasteiger partial charge in [0.2, 0.25) is 0 Å². The third-order valence-electron chi connectivity index (χ3n) is 4.83. The lowest BCUT2D eigenvalue weighted by Crippen LogP contribution is -2.04. The van der Waals surface area contributed by atoms with Crippen LogP contribution in [-0.4, -0.2) is 10.3 Å². The van der Waals surface area contributed by atoms with Gasteiger partial charge in [0, 0.05) is 41.8 Å². The highest BCUT2D eigenvalue weighted by Gasteiger charge is 2.14. The first kappa shape index (κ1) is 14.7. The Bertz CT molecular complexity index is 1070. The highest BCUT2D eigenvalue weighted by molar-refractivity contribution is 6.19. The van der Waals surface area contributed by atoms with Crippen molar-refractivity contribution in [2.24, 2.45) is 7.05 Å². The van der Waals surface area contributed by atoms with E-state index < -0.39 is 0 Å². The molecule has 0 spiro atoms. The third kappa shape index (κ3) is 2.31. The molecule has 1 heterocycles. The molecule has 0 aliphatic carbocycles. The number of aromatic nitrogens is 1. The van der Waals surface area contributed by atoms with Crippen molar-refractivity contribution in [3.63, 3.8) is 0 Å². The fraction of sp³-hybridized carbons (Fsp3) is 0.136. The van der Waals surface area contributed by atoms with Gasteiger partial charge in [-0.25, -0.2) is 0 Å². The maximum absolute atomic E-state index is 8.72. The van der Waals surface area contributed by atoms with E-state index in [2.05, 4.69) is 73.3 Å². The molecule has 0 saturated carbocycles. The molecule has 0 unspecified atom stereocenters. The van der Waals surface area contributed by atoms with E-state index in [9.17, 15) is 0 Å². The molecule has 1 N–H and O–H groups in total. The summed E-state index contributed by atoms with van der Waals surface area (Å²) >= 11 is 0. The number of nitrogens with zero attached hydrogens (tertiary/aromatic N) is 1. The summed E-state index contributed by atoms with van der Waals surface area (Å²) in [6.45, 7) is 2.11. The van der Waals surface area contributed by atoms with Crippen LogP contribution in [0.3, 0.4) is 0 Å². The zero-order valence-electron chi connectivity index (χ0n) is 14.0. The Labute approximate surface area is 141 Å². The Morgan fingerprint density at radius 1 is 0.958 bits per heavy atom. The van der Waals surface area contributed by atoms with Gasteiger partial charge in [-0.3, -0.25) is 0 Å². The van der Waals surface area contributed by atoms with Gasteiger partial charge in [0.15, 0.2) is 0 Å². The van der Waals surface area contributed by atoms with E-state index in [0.717, 1.165) is 5.56 Å². The zero-order chi connectivity index (χ0) is 16.7. The maximum Gasteiger partial charge on any atom is 0.0491 e. The Morgan fingerprint density at radius 3 is 2.54 bits per heavy atom. The largest absolute Gasteiger partial charge is 0.350 e. The van der Waals surface area contributed by atoms with E-state index in [1.54, 1.807) is 0 Å². The van der Waals surface area contributed by atoms with Crippen LogP contribution in [0.1, 0.15) is 16.7 Å². The molecule has 0 radical (unpaired) electrons. The van der Waals surface area contributed by atoms with Crippen molar-refractivity contribution in [2.75, 3.05) is 0 Å². The fourth-order valence-corrected chi connectivity index (χ4v) is 3.49. The lowest BCUT2D eigenvalue weighted by molar-refractivity contribution is 0.967. The summed E-state index contributed by atoms with van der Waals surface area (Å²) < 4.78 is 2.13. The Balaban J connectivity index is 1.89. The molecule has 0 aliphatic rings. The van der Waals surface area contributed by atoms with Crippen molar-refractivity contribution in [2.45, 2.75) is 13.3 Å². The number of fused-ring (bicyclic) bond motifs is 3. The molecule has 2 heteroatoms. The second kappa shape index (κ2) is 5.64. The van der Waals surface area contributed by atoms with E-state index >= 15 is 0 Å². The molecular weight excluding hydrogens is 292 g/mol. The molecule has 0 atom stereocenters. The normalized spacial score (nSPS) is 11.2. The molecule has 4 aromatic rings. The van der Waals surface area contributed by atoms with Gasteiger partial charge in [-0.05, 0) is 34.9 Å². The summed E-state index contributed by atoms with van der Waals surface area (Å²) in [7, 11) is 2.06. The van der Waals surface area contributed by atoms with Crippen molar-refractivity contribution >= 4 is 27.4 Å². The number of hydrogen-bond donors (Lipinski definition) is 1. The predicted octanol–water partition coefficient (Wildman–Crippen LogP) is 5.25. The topological polar surface area (TPSA) is 28.8 Å². The molecule has 24 heavy (non-hydrogen) atoms. The molecular formula is C22H20N2. The molecule has 2 nitrogen and oxygen atoms in total. The minimum Gasteiger partial charge on any atom is -0.350 e. The summed E-state index contributed by atoms with van der Waals surface area (Å²) in [5.74, 6) is 0. The van der Waals surface area contributed by atoms with Crippen LogP contribution in [0.5, 0.6) is 0 Å². The van der Waals surface area contributed by atoms with E-state index in [0.29, 0.717) is 12.1 Å². The van der Waals surface area contributed by atoms with Crippen molar-refractivity contribution < 1.29 is 0 Å². The van der Waals surface area contributed by atoms with Gasteiger partial charge in [0.25, 0.3) is 0 Å². The molecule has 1 aromatic heterocycles. The van der Waals surface area contributed by atoms with Gasteiger partial charge in [-0.1, -0.05) is 54.6 Å². The van der Waals surface area contributed by atoms with Crippen LogP contribution in [-0.2, 0) is 13.5 Å². The average molecular weight is 312 g/mol. The molecule has 4 rings (SSSR count). The quantitative estimate of drug-likeness (QED) is 0.501. The molecule has 0 aliphatic heterocycles. The number of nitrogens with one attached hydrogen (secondary N) is 1. The highest BCUT2D eigenvalue weighted by Crippen LogP contribution is 2.30. The third-order valence-corrected chi connectivity index (χ3v) is 4.83. The van der Waals surface area contributed by atoms with Crippen LogP contribution in [0.2, 0.25) is 0 Å². The summed E-state index contributed by atoms with van der Waals surface area (Å²) in [6.07, 6.45) is 2.76. The molecule has 0 saturated heterocycles. The van der Waals surface area contributed by atoms with Crippen molar-refractivity contribution in [1.29, 1.82) is 5.41 Å². The standard InChI is InChI=1S/C22H20N2/c1-15-7-3-4-9-17(15)13-20(23)19-14-24(2)21-12-11-16-8-5-6-10-18(16)22(19)21/h3-12,14,23H,13H2,1-2H3. The van der Waals surface area contributed by atoms with Gasteiger partial charge >= 0.3 is 0 Å². The van der Waals surface area contributed by atoms with Crippen LogP contribution in [0.15, 0.2) is 66.9 Å². The van der Waals surface area contributed by atoms with Gasteiger partial charge in [0.05, 0.1) is 0 Å². The monoisotopic (exact) mass is 312 g/mol. The molecule has 118 valence electrons. The molecule has 0 fully saturated rings. The summed E-state index contributed by atoms with van der Waals surface area (Å²) in [4.78, 5) is 0. The lowest BCUT2D eigenvalue weighted by atomic mass is 9.96. The second-order valence-electron chi connectivity index (χ2n) is 6.42. The van der Waals surface area contributed by atoms with Gasteiger partial charge in [0.1, 0.15) is 0 Å². The number of benzene rings is 3. The molecule has 3 aromatic carbocycles. The fourth-order valence-electron chi connectivity index (χ4n) is 3.49. The Kier molecular flexibility index (Phi) is 3.46. The van der Waals surface area contributed by atoms with E-state index in [4.69, 9.17) is 5.41 Å². The van der Waals surface area contributed by atoms with Crippen LogP contribution in [0.25, 0.3) is 21.7 Å². The molecule has 0 amide bonds. The number of rotatable bonds is 3. The van der Waals surface area contributed by atoms with Crippen LogP contribution < -0.4 is 0 Å². The molecule has 0 bridgehead atoms. The summed E-state index contributed by atoms with van der Waals surface area (Å²) in [5.41, 5.74) is 5.35. The van der Waals surface area contributed by atoms with Gasteiger partial charge in [-0.2, -0.15) is 0 Å². The van der Waals surface area contributed by atoms with Crippen molar-refractivity contribution in [1.82, 2.24) is 4.57 Å². The van der Waals surface area contributed by atoms with E-state index in [1.165, 1.54) is 32.8 Å². The average Bonchev–Trinajstić information content (AvgIpc) is 2.94. The van der Waals surface area contributed by atoms with Gasteiger partial charge in [-0.15, -0.1) is 0 Å². The number of aryl methyl sites for hydroxylation is 2. The SMILES string of the molecule is Cc1ccccc1CC(=N)c1cn(C)c2ccc3ccccc3c12. The first-order valence-electron chi connectivity index (χ1n) is 8.24. The highest BCUT2D eigenvalue weighted by atomic mass is 14.9. The van der Waals surface area contributed by atoms with Crippen LogP contribution in [0, 0.1) is 12.3 Å². The Hall–Kier alpha value is -2.87. The Morgan fingerprint density at radius 2 is 1.71 bits per heavy atom. The minimum atomic E-state index is 0.662. The summed E-state index contributed by atoms with van der Waals surface area (Å²) in [6, 6.07) is 21.1. The predicted molar refractivity (Wildman–Crippen MR) is 102 cm³/mol. The minimum absolute atomic E-state index is 0.662. The van der Waals surface area contributed by atoms with E-state index in [1.807, 2.05) is 12.1 Å². The van der Waals surface area contributed by atoms with Gasteiger partial charge < -0.3 is 9.98 Å². The zero-order valence-corrected chi connectivity index (χ0v) is 14.0. The maximum atomic E-state index is 8.72. The van der Waals surface area contributed by atoms with E-state index in [-0.39, 0.29) is 0 Å². The smallest absolute Gasteiger partial charge is 0.0491 e.